The van der Waals surface area contributed by atoms with Gasteiger partial charge in [-0.3, -0.25) is 0 Å². The Balaban J connectivity index is 1.46. The second-order valence-corrected chi connectivity index (χ2v) is 17.2. The van der Waals surface area contributed by atoms with E-state index in [9.17, 15) is 0 Å². The number of hydrogen-bond donors (Lipinski definition) is 0. The summed E-state index contributed by atoms with van der Waals surface area (Å²) in [5.74, 6) is 2.82. The number of imidazole rings is 1. The summed E-state index contributed by atoms with van der Waals surface area (Å²) in [7, 11) is 0.550. The fourth-order valence-electron chi connectivity index (χ4n) is 4.97. The van der Waals surface area contributed by atoms with Crippen LogP contribution in [0, 0.1) is 5.92 Å². The van der Waals surface area contributed by atoms with Crippen LogP contribution in [-0.4, -0.2) is 67.6 Å². The summed E-state index contributed by atoms with van der Waals surface area (Å²) in [5.41, 5.74) is 4.53. The standard InChI is InChI=1S/C29H45N5O3Si/c1-6-25-19-30-21-31-29(25)33-11-9-23(10-12-33)18-28-32-26-8-7-24(20-36-14-13-35-2)17-27(26)34(28)22-37-15-16-38(3,4)5/h7-8,17,19,21,23H,6,9-16,18,20,22H2,1-5H3. The molecule has 0 unspecified atom stereocenters. The number of benzene rings is 1. The number of piperidine rings is 1. The van der Waals surface area contributed by atoms with Crippen LogP contribution in [0.1, 0.15) is 36.7 Å². The molecule has 1 aliphatic rings. The SMILES string of the molecule is CCc1cncnc1N1CCC(Cc2nc3ccc(COCCOC)cc3n2COCC[Si](C)(C)C)CC1. The first-order chi connectivity index (χ1) is 18.4. The zero-order chi connectivity index (χ0) is 27.0. The molecule has 2 aromatic heterocycles. The Hall–Kier alpha value is -2.33. The molecule has 1 aliphatic heterocycles. The van der Waals surface area contributed by atoms with Gasteiger partial charge in [0.05, 0.1) is 30.9 Å². The van der Waals surface area contributed by atoms with Crippen LogP contribution in [0.15, 0.2) is 30.7 Å². The number of methoxy groups -OCH3 is 1. The number of hydrogen-bond acceptors (Lipinski definition) is 7. The quantitative estimate of drug-likeness (QED) is 0.203. The minimum atomic E-state index is -1.14. The van der Waals surface area contributed by atoms with Crippen molar-refractivity contribution >= 4 is 24.9 Å². The minimum absolute atomic E-state index is 0.546. The zero-order valence-corrected chi connectivity index (χ0v) is 24.9. The summed E-state index contributed by atoms with van der Waals surface area (Å²) in [6, 6.07) is 7.61. The summed E-state index contributed by atoms with van der Waals surface area (Å²) in [6.07, 6.45) is 7.80. The Bertz CT molecular complexity index is 1150. The zero-order valence-electron chi connectivity index (χ0n) is 23.9. The first kappa shape index (κ1) is 28.7. The largest absolute Gasteiger partial charge is 0.382 e. The van der Waals surface area contributed by atoms with Gasteiger partial charge in [0.15, 0.2) is 0 Å². The van der Waals surface area contributed by atoms with Crippen LogP contribution >= 0.6 is 0 Å². The van der Waals surface area contributed by atoms with E-state index in [1.807, 2.05) is 6.20 Å². The van der Waals surface area contributed by atoms with Gasteiger partial charge in [-0.05, 0) is 48.9 Å². The maximum absolute atomic E-state index is 6.23. The van der Waals surface area contributed by atoms with Gasteiger partial charge in [-0.2, -0.15) is 0 Å². The number of aromatic nitrogens is 4. The molecule has 1 aromatic carbocycles. The topological polar surface area (TPSA) is 74.5 Å². The summed E-state index contributed by atoms with van der Waals surface area (Å²) in [6.45, 7) is 14.5. The van der Waals surface area contributed by atoms with Crippen LogP contribution < -0.4 is 4.90 Å². The van der Waals surface area contributed by atoms with E-state index in [0.29, 0.717) is 32.5 Å². The molecule has 0 saturated carbocycles. The lowest BCUT2D eigenvalue weighted by molar-refractivity contribution is 0.0616. The highest BCUT2D eigenvalue weighted by molar-refractivity contribution is 6.76. The average Bonchev–Trinajstić information content (AvgIpc) is 3.25. The maximum Gasteiger partial charge on any atom is 0.135 e. The van der Waals surface area contributed by atoms with E-state index < -0.39 is 8.07 Å². The predicted molar refractivity (Wildman–Crippen MR) is 155 cm³/mol. The number of nitrogens with zero attached hydrogens (tertiary/aromatic N) is 5. The fourth-order valence-corrected chi connectivity index (χ4v) is 5.72. The average molecular weight is 540 g/mol. The van der Waals surface area contributed by atoms with E-state index in [1.165, 1.54) is 5.56 Å². The van der Waals surface area contributed by atoms with Crippen LogP contribution in [0.3, 0.4) is 0 Å². The summed E-state index contributed by atoms with van der Waals surface area (Å²) in [5, 5.41) is 0. The summed E-state index contributed by atoms with van der Waals surface area (Å²) in [4.78, 5) is 16.3. The fraction of sp³-hybridized carbons (Fsp3) is 0.621. The maximum atomic E-state index is 6.23. The number of anilines is 1. The van der Waals surface area contributed by atoms with Crippen molar-refractivity contribution in [1.29, 1.82) is 0 Å². The van der Waals surface area contributed by atoms with Gasteiger partial charge in [-0.25, -0.2) is 15.0 Å². The molecule has 4 rings (SSSR count). The minimum Gasteiger partial charge on any atom is -0.382 e. The van der Waals surface area contributed by atoms with Gasteiger partial charge in [-0.15, -0.1) is 0 Å². The van der Waals surface area contributed by atoms with Crippen molar-refractivity contribution in [1.82, 2.24) is 19.5 Å². The summed E-state index contributed by atoms with van der Waals surface area (Å²) >= 11 is 0. The molecule has 0 atom stereocenters. The second-order valence-electron chi connectivity index (χ2n) is 11.5. The molecule has 208 valence electrons. The Morgan fingerprint density at radius 3 is 2.61 bits per heavy atom. The summed E-state index contributed by atoms with van der Waals surface area (Å²) < 4.78 is 19.4. The molecular weight excluding hydrogens is 494 g/mol. The third kappa shape index (κ3) is 7.85. The van der Waals surface area contributed by atoms with Gasteiger partial charge >= 0.3 is 0 Å². The van der Waals surface area contributed by atoms with Crippen LogP contribution in [0.4, 0.5) is 5.82 Å². The van der Waals surface area contributed by atoms with Crippen molar-refractivity contribution in [2.75, 3.05) is 44.9 Å². The lowest BCUT2D eigenvalue weighted by Crippen LogP contribution is -2.35. The molecule has 0 N–H and O–H groups in total. The lowest BCUT2D eigenvalue weighted by Gasteiger charge is -2.33. The van der Waals surface area contributed by atoms with Gasteiger partial charge in [0, 0.05) is 53.1 Å². The monoisotopic (exact) mass is 539 g/mol. The van der Waals surface area contributed by atoms with E-state index >= 15 is 0 Å². The highest BCUT2D eigenvalue weighted by atomic mass is 28.3. The van der Waals surface area contributed by atoms with Crippen molar-refractivity contribution in [3.63, 3.8) is 0 Å². The van der Waals surface area contributed by atoms with Crippen molar-refractivity contribution in [3.8, 4) is 0 Å². The van der Waals surface area contributed by atoms with Crippen LogP contribution in [0.25, 0.3) is 11.0 Å². The van der Waals surface area contributed by atoms with Crippen molar-refractivity contribution < 1.29 is 14.2 Å². The van der Waals surface area contributed by atoms with Crippen LogP contribution in [-0.2, 0) is 40.4 Å². The molecule has 1 saturated heterocycles. The van der Waals surface area contributed by atoms with Gasteiger partial charge in [-0.1, -0.05) is 32.6 Å². The highest BCUT2D eigenvalue weighted by Crippen LogP contribution is 2.28. The Kier molecular flexibility index (Phi) is 10.3. The van der Waals surface area contributed by atoms with Gasteiger partial charge < -0.3 is 23.7 Å². The molecule has 1 fully saturated rings. The molecule has 0 spiro atoms. The van der Waals surface area contributed by atoms with Gasteiger partial charge in [0.25, 0.3) is 0 Å². The molecule has 0 radical (unpaired) electrons. The van der Waals surface area contributed by atoms with E-state index in [4.69, 9.17) is 19.2 Å². The van der Waals surface area contributed by atoms with Crippen molar-refractivity contribution in [3.05, 3.63) is 47.7 Å². The Morgan fingerprint density at radius 2 is 1.87 bits per heavy atom. The van der Waals surface area contributed by atoms with Gasteiger partial charge in [0.2, 0.25) is 0 Å². The highest BCUT2D eigenvalue weighted by Gasteiger charge is 2.24. The number of fused-ring (bicyclic) bond motifs is 1. The predicted octanol–water partition coefficient (Wildman–Crippen LogP) is 5.32. The lowest BCUT2D eigenvalue weighted by atomic mass is 9.93. The van der Waals surface area contributed by atoms with E-state index in [-0.39, 0.29) is 0 Å². The van der Waals surface area contributed by atoms with Crippen molar-refractivity contribution in [2.45, 2.75) is 71.6 Å². The number of ether oxygens (including phenoxy) is 3. The normalized spacial score (nSPS) is 15.0. The Morgan fingerprint density at radius 1 is 1.05 bits per heavy atom. The molecule has 9 heteroatoms. The number of aryl methyl sites for hydroxylation is 1. The first-order valence-electron chi connectivity index (χ1n) is 14.0. The molecule has 0 amide bonds. The molecular formula is C29H45N5O3Si. The van der Waals surface area contributed by atoms with Crippen molar-refractivity contribution in [2.24, 2.45) is 5.92 Å². The molecule has 0 aliphatic carbocycles. The Labute approximate surface area is 228 Å². The molecule has 8 nitrogen and oxygen atoms in total. The number of rotatable bonds is 14. The third-order valence-corrected chi connectivity index (χ3v) is 9.04. The van der Waals surface area contributed by atoms with Crippen LogP contribution in [0.2, 0.25) is 25.7 Å². The van der Waals surface area contributed by atoms with Gasteiger partial charge in [0.1, 0.15) is 24.7 Å². The van der Waals surface area contributed by atoms with Crippen LogP contribution in [0.5, 0.6) is 0 Å². The molecule has 0 bridgehead atoms. The molecule has 38 heavy (non-hydrogen) atoms. The van der Waals surface area contributed by atoms with E-state index in [1.54, 1.807) is 13.4 Å². The second kappa shape index (κ2) is 13.6. The molecule has 3 aromatic rings. The van der Waals surface area contributed by atoms with E-state index in [0.717, 1.165) is 79.7 Å². The van der Waals surface area contributed by atoms with E-state index in [2.05, 4.69) is 64.2 Å². The smallest absolute Gasteiger partial charge is 0.135 e. The molecule has 3 heterocycles. The third-order valence-electron chi connectivity index (χ3n) is 7.34. The first-order valence-corrected chi connectivity index (χ1v) is 17.7.